The van der Waals surface area contributed by atoms with E-state index >= 15 is 0 Å². The zero-order valence-corrected chi connectivity index (χ0v) is 10.0. The van der Waals surface area contributed by atoms with Gasteiger partial charge in [-0.15, -0.1) is 0 Å². The summed E-state index contributed by atoms with van der Waals surface area (Å²) in [6, 6.07) is 4.31. The summed E-state index contributed by atoms with van der Waals surface area (Å²) in [6.45, 7) is 11.6. The molecule has 0 spiro atoms. The van der Waals surface area contributed by atoms with Crippen LogP contribution in [0.4, 0.5) is 0 Å². The van der Waals surface area contributed by atoms with Crippen molar-refractivity contribution in [2.75, 3.05) is 0 Å². The van der Waals surface area contributed by atoms with E-state index < -0.39 is 0 Å². The van der Waals surface area contributed by atoms with Gasteiger partial charge in [-0.2, -0.15) is 0 Å². The van der Waals surface area contributed by atoms with Gasteiger partial charge in [-0.05, 0) is 47.5 Å². The zero-order chi connectivity index (χ0) is 12.0. The van der Waals surface area contributed by atoms with Gasteiger partial charge in [0.2, 0.25) is 0 Å². The summed E-state index contributed by atoms with van der Waals surface area (Å²) in [5, 5.41) is 2.40. The quantitative estimate of drug-likeness (QED) is 0.719. The zero-order valence-electron chi connectivity index (χ0n) is 10.0. The Morgan fingerprint density at radius 3 is 2.19 bits per heavy atom. The molecule has 1 rings (SSSR count). The van der Waals surface area contributed by atoms with Gasteiger partial charge in [0.05, 0.1) is 0 Å². The van der Waals surface area contributed by atoms with Gasteiger partial charge in [-0.1, -0.05) is 49.6 Å². The SMILES string of the molecule is C=C/C=c1/cc(/C=C\C)c(C=C)c/c1=C/C. The highest BCUT2D eigenvalue weighted by Crippen LogP contribution is 2.07. The molecule has 0 heterocycles. The third kappa shape index (κ3) is 2.60. The lowest BCUT2D eigenvalue weighted by atomic mass is 10.0. The molecule has 0 radical (unpaired) electrons. The Bertz CT molecular complexity index is 528. The molecular formula is C16H18. The fourth-order valence-electron chi connectivity index (χ4n) is 1.69. The fraction of sp³-hybridized carbons (Fsp3) is 0.125. The highest BCUT2D eigenvalue weighted by atomic mass is 14.0. The van der Waals surface area contributed by atoms with E-state index in [1.165, 1.54) is 16.0 Å². The summed E-state index contributed by atoms with van der Waals surface area (Å²) >= 11 is 0. The maximum Gasteiger partial charge on any atom is -0.0181 e. The summed E-state index contributed by atoms with van der Waals surface area (Å²) < 4.78 is 0. The highest BCUT2D eigenvalue weighted by Gasteiger charge is 1.96. The summed E-state index contributed by atoms with van der Waals surface area (Å²) in [5.74, 6) is 0. The number of hydrogen-bond donors (Lipinski definition) is 0. The minimum absolute atomic E-state index is 1.16. The van der Waals surface area contributed by atoms with Gasteiger partial charge >= 0.3 is 0 Å². The van der Waals surface area contributed by atoms with E-state index in [0.29, 0.717) is 0 Å². The van der Waals surface area contributed by atoms with Crippen molar-refractivity contribution >= 4 is 24.3 Å². The topological polar surface area (TPSA) is 0 Å². The van der Waals surface area contributed by atoms with Crippen LogP contribution in [0.5, 0.6) is 0 Å². The van der Waals surface area contributed by atoms with Crippen molar-refractivity contribution in [2.24, 2.45) is 0 Å². The van der Waals surface area contributed by atoms with E-state index in [-0.39, 0.29) is 0 Å². The molecule has 1 aromatic carbocycles. The second kappa shape index (κ2) is 5.92. The standard InChI is InChI=1S/C16H18/c1-5-9-15-12-16(10-6-2)14(8-4)11-13(15)7-3/h5-12H,1,4H2,2-3H3/b10-6-,13-7-,15-9-. The van der Waals surface area contributed by atoms with Gasteiger partial charge in [0.1, 0.15) is 0 Å². The molecule has 0 saturated carbocycles. The largest absolute Gasteiger partial charge is 0.0990 e. The van der Waals surface area contributed by atoms with E-state index in [1.807, 2.05) is 38.2 Å². The van der Waals surface area contributed by atoms with Crippen molar-refractivity contribution in [2.45, 2.75) is 13.8 Å². The van der Waals surface area contributed by atoms with E-state index in [0.717, 1.165) is 5.56 Å². The molecule has 0 aliphatic rings. The summed E-state index contributed by atoms with van der Waals surface area (Å²) in [5.41, 5.74) is 2.35. The lowest BCUT2D eigenvalue weighted by Gasteiger charge is -2.02. The average Bonchev–Trinajstić information content (AvgIpc) is 2.30. The normalized spacial score (nSPS) is 13.4. The van der Waals surface area contributed by atoms with Gasteiger partial charge in [0.15, 0.2) is 0 Å². The first-order valence-electron chi connectivity index (χ1n) is 5.45. The van der Waals surface area contributed by atoms with Crippen LogP contribution in [0.3, 0.4) is 0 Å². The van der Waals surface area contributed by atoms with Gasteiger partial charge in [-0.25, -0.2) is 0 Å². The first kappa shape index (κ1) is 12.3. The fourth-order valence-corrected chi connectivity index (χ4v) is 1.69. The smallest absolute Gasteiger partial charge is 0.0181 e. The van der Waals surface area contributed by atoms with Gasteiger partial charge < -0.3 is 0 Å². The molecule has 0 aliphatic heterocycles. The lowest BCUT2D eigenvalue weighted by Crippen LogP contribution is -2.24. The molecule has 82 valence electrons. The maximum atomic E-state index is 3.85. The van der Waals surface area contributed by atoms with Crippen molar-refractivity contribution in [3.05, 3.63) is 59.0 Å². The third-order valence-electron chi connectivity index (χ3n) is 2.46. The molecule has 0 aromatic heterocycles. The van der Waals surface area contributed by atoms with Crippen LogP contribution in [0.2, 0.25) is 0 Å². The predicted octanol–water partition coefficient (Wildman–Crippen LogP) is 3.13. The third-order valence-corrected chi connectivity index (χ3v) is 2.46. The Labute approximate surface area is 97.6 Å². The molecule has 0 unspecified atom stereocenters. The molecule has 16 heavy (non-hydrogen) atoms. The minimum atomic E-state index is 1.16. The van der Waals surface area contributed by atoms with Crippen LogP contribution in [-0.2, 0) is 0 Å². The van der Waals surface area contributed by atoms with Crippen molar-refractivity contribution in [3.63, 3.8) is 0 Å². The van der Waals surface area contributed by atoms with Crippen LogP contribution in [0.15, 0.2) is 37.4 Å². The van der Waals surface area contributed by atoms with Crippen LogP contribution in [0.1, 0.15) is 25.0 Å². The first-order chi connectivity index (χ1) is 7.76. The molecule has 0 nitrogen and oxygen atoms in total. The van der Waals surface area contributed by atoms with Crippen molar-refractivity contribution in [3.8, 4) is 0 Å². The molecule has 0 fully saturated rings. The average molecular weight is 210 g/mol. The number of benzene rings is 1. The molecule has 0 heteroatoms. The molecular weight excluding hydrogens is 192 g/mol. The minimum Gasteiger partial charge on any atom is -0.0990 e. The second-order valence-electron chi connectivity index (χ2n) is 3.51. The first-order valence-corrected chi connectivity index (χ1v) is 5.45. The molecule has 0 N–H and O–H groups in total. The van der Waals surface area contributed by atoms with Gasteiger partial charge in [0, 0.05) is 0 Å². The molecule has 1 aromatic rings. The van der Waals surface area contributed by atoms with E-state index in [4.69, 9.17) is 0 Å². The molecule has 0 aliphatic carbocycles. The monoisotopic (exact) mass is 210 g/mol. The Kier molecular flexibility index (Phi) is 4.53. The summed E-state index contributed by atoms with van der Waals surface area (Å²) in [7, 11) is 0. The Hall–Kier alpha value is -1.82. The van der Waals surface area contributed by atoms with Gasteiger partial charge in [0.25, 0.3) is 0 Å². The van der Waals surface area contributed by atoms with E-state index in [9.17, 15) is 0 Å². The van der Waals surface area contributed by atoms with Crippen LogP contribution < -0.4 is 10.4 Å². The van der Waals surface area contributed by atoms with Crippen LogP contribution >= 0.6 is 0 Å². The Morgan fingerprint density at radius 2 is 1.69 bits per heavy atom. The lowest BCUT2D eigenvalue weighted by molar-refractivity contribution is 1.46. The van der Waals surface area contributed by atoms with Crippen molar-refractivity contribution in [1.82, 2.24) is 0 Å². The Balaban J connectivity index is 3.67. The van der Waals surface area contributed by atoms with Crippen LogP contribution in [-0.4, -0.2) is 0 Å². The number of rotatable bonds is 3. The predicted molar refractivity (Wildman–Crippen MR) is 75.3 cm³/mol. The molecule has 0 saturated heterocycles. The molecule has 0 amide bonds. The van der Waals surface area contributed by atoms with Crippen LogP contribution in [0.25, 0.3) is 24.3 Å². The molecule has 0 atom stereocenters. The molecule has 0 bridgehead atoms. The van der Waals surface area contributed by atoms with E-state index in [1.54, 1.807) is 0 Å². The summed E-state index contributed by atoms with van der Waals surface area (Å²) in [4.78, 5) is 0. The highest BCUT2D eigenvalue weighted by molar-refractivity contribution is 5.65. The summed E-state index contributed by atoms with van der Waals surface area (Å²) in [6.07, 6.45) is 12.0. The van der Waals surface area contributed by atoms with Gasteiger partial charge in [-0.3, -0.25) is 0 Å². The van der Waals surface area contributed by atoms with Crippen LogP contribution in [0, 0.1) is 0 Å². The number of hydrogen-bond acceptors (Lipinski definition) is 0. The number of allylic oxidation sites excluding steroid dienone is 2. The second-order valence-corrected chi connectivity index (χ2v) is 3.51. The van der Waals surface area contributed by atoms with E-state index in [2.05, 4.69) is 37.4 Å². The maximum absolute atomic E-state index is 3.85. The van der Waals surface area contributed by atoms with Crippen molar-refractivity contribution in [1.29, 1.82) is 0 Å². The van der Waals surface area contributed by atoms with Crippen molar-refractivity contribution < 1.29 is 0 Å². The Morgan fingerprint density at radius 1 is 1.00 bits per heavy atom.